The van der Waals surface area contributed by atoms with Crippen molar-refractivity contribution in [2.45, 2.75) is 102 Å². The number of hydrogen-bond acceptors (Lipinski definition) is 8. The SMILES string of the molecule is C=CCOC12Oc3ccc(Oc4ccc5ccccc5c4)cc3C3C(CCCCO)C(CCCCO)C=C(C(=NOC(C)(C)C)CC1N(CCC)C(=O)c1ccc4ccccc4c1)C32. The molecule has 9 nitrogen and oxygen atoms in total. The van der Waals surface area contributed by atoms with Crippen molar-refractivity contribution in [2.75, 3.05) is 26.4 Å². The molecule has 336 valence electrons. The number of carbonyl (C=O) groups is 1. The van der Waals surface area contributed by atoms with Gasteiger partial charge in [0.2, 0.25) is 5.79 Å². The molecule has 9 heteroatoms. The topological polar surface area (TPSA) is 110 Å². The molecule has 3 aliphatic rings. The van der Waals surface area contributed by atoms with Gasteiger partial charge in [-0.3, -0.25) is 4.79 Å². The monoisotopic (exact) mass is 864 g/mol. The summed E-state index contributed by atoms with van der Waals surface area (Å²) in [5.74, 6) is 0.248. The highest BCUT2D eigenvalue weighted by atomic mass is 16.7. The zero-order chi connectivity index (χ0) is 44.8. The first-order valence-corrected chi connectivity index (χ1v) is 23.3. The van der Waals surface area contributed by atoms with Crippen molar-refractivity contribution in [2.24, 2.45) is 22.9 Å². The van der Waals surface area contributed by atoms with Crippen molar-refractivity contribution in [1.82, 2.24) is 4.90 Å². The summed E-state index contributed by atoms with van der Waals surface area (Å²) in [7, 11) is 0. The van der Waals surface area contributed by atoms with Crippen molar-refractivity contribution in [1.29, 1.82) is 0 Å². The molecule has 1 saturated carbocycles. The van der Waals surface area contributed by atoms with E-state index in [1.54, 1.807) is 6.08 Å². The molecule has 0 aromatic heterocycles. The molecule has 5 aromatic carbocycles. The summed E-state index contributed by atoms with van der Waals surface area (Å²) in [6.45, 7) is 13.0. The second-order valence-electron chi connectivity index (χ2n) is 18.6. The Morgan fingerprint density at radius 3 is 2.20 bits per heavy atom. The van der Waals surface area contributed by atoms with Crippen LogP contribution in [0.1, 0.15) is 101 Å². The third-order valence-corrected chi connectivity index (χ3v) is 13.1. The molecule has 6 unspecified atom stereocenters. The van der Waals surface area contributed by atoms with Crippen molar-refractivity contribution in [3.8, 4) is 17.2 Å². The van der Waals surface area contributed by atoms with Crippen LogP contribution >= 0.6 is 0 Å². The predicted octanol–water partition coefficient (Wildman–Crippen LogP) is 11.8. The highest BCUT2D eigenvalue weighted by Gasteiger charge is 2.65. The number of benzene rings is 5. The van der Waals surface area contributed by atoms with Gasteiger partial charge in [0.15, 0.2) is 0 Å². The molecule has 64 heavy (non-hydrogen) atoms. The van der Waals surface area contributed by atoms with E-state index < -0.39 is 23.3 Å². The zero-order valence-corrected chi connectivity index (χ0v) is 37.9. The fourth-order valence-corrected chi connectivity index (χ4v) is 10.4. The fourth-order valence-electron chi connectivity index (χ4n) is 10.4. The first kappa shape index (κ1) is 45.1. The molecule has 5 aromatic rings. The van der Waals surface area contributed by atoms with E-state index in [2.05, 4.69) is 56.0 Å². The lowest BCUT2D eigenvalue weighted by molar-refractivity contribution is -0.254. The molecule has 0 spiro atoms. The largest absolute Gasteiger partial charge is 0.459 e. The molecule has 2 aliphatic carbocycles. The molecular formula is C55H64N2O7. The minimum absolute atomic E-state index is 0.0867. The van der Waals surface area contributed by atoms with Gasteiger partial charge in [0.25, 0.3) is 5.91 Å². The number of aliphatic hydroxyl groups excluding tert-OH is 2. The molecular weight excluding hydrogens is 801 g/mol. The minimum atomic E-state index is -1.36. The first-order chi connectivity index (χ1) is 31.1. The Kier molecular flexibility index (Phi) is 13.9. The van der Waals surface area contributed by atoms with Crippen molar-refractivity contribution < 1.29 is 34.1 Å². The third-order valence-electron chi connectivity index (χ3n) is 13.1. The van der Waals surface area contributed by atoms with Crippen LogP contribution in [0.5, 0.6) is 17.2 Å². The van der Waals surface area contributed by atoms with Gasteiger partial charge in [-0.25, -0.2) is 0 Å². The van der Waals surface area contributed by atoms with E-state index in [0.717, 1.165) is 69.8 Å². The number of fused-ring (bicyclic) bond motifs is 4. The maximum absolute atomic E-state index is 15.3. The van der Waals surface area contributed by atoms with Crippen LogP contribution in [0.2, 0.25) is 0 Å². The summed E-state index contributed by atoms with van der Waals surface area (Å²) in [6, 6.07) is 33.9. The molecule has 1 amide bonds. The van der Waals surface area contributed by atoms with Gasteiger partial charge >= 0.3 is 0 Å². The van der Waals surface area contributed by atoms with E-state index >= 15 is 4.79 Å². The average molecular weight is 865 g/mol. The Morgan fingerprint density at radius 1 is 0.859 bits per heavy atom. The van der Waals surface area contributed by atoms with Crippen molar-refractivity contribution in [3.63, 3.8) is 0 Å². The third kappa shape index (κ3) is 9.35. The van der Waals surface area contributed by atoms with Gasteiger partial charge in [-0.1, -0.05) is 97.7 Å². The lowest BCUT2D eigenvalue weighted by Crippen LogP contribution is -2.70. The second-order valence-corrected chi connectivity index (χ2v) is 18.6. The highest BCUT2D eigenvalue weighted by molar-refractivity contribution is 6.04. The predicted molar refractivity (Wildman–Crippen MR) is 255 cm³/mol. The lowest BCUT2D eigenvalue weighted by Gasteiger charge is -2.60. The summed E-state index contributed by atoms with van der Waals surface area (Å²) in [5, 5.41) is 29.3. The number of allylic oxidation sites excluding steroid dienone is 1. The number of carbonyl (C=O) groups excluding carboxylic acids is 1. The zero-order valence-electron chi connectivity index (χ0n) is 37.9. The van der Waals surface area contributed by atoms with Gasteiger partial charge in [-0.05, 0) is 134 Å². The summed E-state index contributed by atoms with van der Waals surface area (Å²) in [5.41, 5.74) is 2.80. The van der Waals surface area contributed by atoms with Crippen LogP contribution in [0, 0.1) is 17.8 Å². The number of rotatable bonds is 18. The maximum atomic E-state index is 15.3. The van der Waals surface area contributed by atoms with Gasteiger partial charge in [0.1, 0.15) is 28.9 Å². The quantitative estimate of drug-likeness (QED) is 0.0513. The number of nitrogens with zero attached hydrogens (tertiary/aromatic N) is 2. The molecule has 6 atom stereocenters. The van der Waals surface area contributed by atoms with Gasteiger partial charge in [0, 0.05) is 43.2 Å². The van der Waals surface area contributed by atoms with E-state index in [0.29, 0.717) is 49.3 Å². The molecule has 1 heterocycles. The number of hydrogen-bond donors (Lipinski definition) is 2. The van der Waals surface area contributed by atoms with Crippen LogP contribution < -0.4 is 9.47 Å². The van der Waals surface area contributed by atoms with E-state index in [-0.39, 0.29) is 43.5 Å². The molecule has 8 rings (SSSR count). The number of unbranched alkanes of at least 4 members (excludes halogenated alkanes) is 2. The summed E-state index contributed by atoms with van der Waals surface area (Å²) in [4.78, 5) is 23.6. The van der Waals surface area contributed by atoms with Crippen LogP contribution in [-0.2, 0) is 9.57 Å². The highest BCUT2D eigenvalue weighted by Crippen LogP contribution is 2.62. The van der Waals surface area contributed by atoms with E-state index in [1.807, 2.05) is 92.4 Å². The van der Waals surface area contributed by atoms with Gasteiger partial charge in [-0.2, -0.15) is 0 Å². The van der Waals surface area contributed by atoms with Crippen LogP contribution in [0.3, 0.4) is 0 Å². The molecule has 1 aliphatic heterocycles. The maximum Gasteiger partial charge on any atom is 0.254 e. The molecule has 0 radical (unpaired) electrons. The van der Waals surface area contributed by atoms with Crippen LogP contribution in [0.15, 0.2) is 133 Å². The molecule has 2 N–H and O–H groups in total. The summed E-state index contributed by atoms with van der Waals surface area (Å²) in [6.07, 6.45) is 9.94. The van der Waals surface area contributed by atoms with Crippen LogP contribution in [0.4, 0.5) is 0 Å². The molecule has 1 fully saturated rings. The Balaban J connectivity index is 1.33. The summed E-state index contributed by atoms with van der Waals surface area (Å²) >= 11 is 0. The standard InChI is InChI=1S/C55H64N2O7/c1-6-28-57(53(60)42-23-22-37-16-8-10-18-39(37)32-42)50-36-48(56-64-54(3,4)5)46-34-41(20-12-14-29-58)45(21-13-15-30-59)51-47-35-44(62-43-25-24-38-17-9-11-19-40(38)33-43)26-27-49(47)63-55(50,52(46)51)61-31-7-2/h7-11,16-19,22-27,32-35,41,45,50-52,58-59H,2,6,12-15,20-21,28-31,36H2,1,3-5H3. The van der Waals surface area contributed by atoms with E-state index in [4.69, 9.17) is 24.2 Å². The number of amides is 1. The van der Waals surface area contributed by atoms with E-state index in [1.165, 1.54) is 0 Å². The second kappa shape index (κ2) is 19.7. The van der Waals surface area contributed by atoms with Gasteiger partial charge in [0.05, 0.1) is 18.2 Å². The summed E-state index contributed by atoms with van der Waals surface area (Å²) < 4.78 is 21.4. The normalized spacial score (nSPS) is 23.2. The Bertz CT molecular complexity index is 2510. The Labute approximate surface area is 378 Å². The van der Waals surface area contributed by atoms with Gasteiger partial charge in [-0.15, -0.1) is 6.58 Å². The van der Waals surface area contributed by atoms with Crippen LogP contribution in [0.25, 0.3) is 21.5 Å². The van der Waals surface area contributed by atoms with Crippen LogP contribution in [-0.4, -0.2) is 70.5 Å². The lowest BCUT2D eigenvalue weighted by atomic mass is 9.55. The Hall–Kier alpha value is -5.48. The Morgan fingerprint density at radius 2 is 1.52 bits per heavy atom. The number of ether oxygens (including phenoxy) is 3. The first-order valence-electron chi connectivity index (χ1n) is 23.3. The number of aliphatic hydroxyl groups is 2. The average Bonchev–Trinajstić information content (AvgIpc) is 3.30. The smallest absolute Gasteiger partial charge is 0.254 e. The van der Waals surface area contributed by atoms with Gasteiger partial charge < -0.3 is 34.2 Å². The van der Waals surface area contributed by atoms with E-state index in [9.17, 15) is 10.2 Å². The molecule has 0 saturated heterocycles. The molecule has 0 bridgehead atoms. The van der Waals surface area contributed by atoms with Crippen molar-refractivity contribution in [3.05, 3.63) is 139 Å². The van der Waals surface area contributed by atoms with Crippen molar-refractivity contribution >= 4 is 33.2 Å². The number of oxime groups is 1. The fraction of sp³-hybridized carbons (Fsp3) is 0.418. The minimum Gasteiger partial charge on any atom is -0.459 e.